The molecule has 0 aliphatic heterocycles. The van der Waals surface area contributed by atoms with Gasteiger partial charge in [-0.05, 0) is 23.7 Å². The van der Waals surface area contributed by atoms with Crippen molar-refractivity contribution in [2.24, 2.45) is 0 Å². The number of nitrogens with zero attached hydrogens (tertiary/aromatic N) is 1. The van der Waals surface area contributed by atoms with E-state index in [-0.39, 0.29) is 33.4 Å². The molecule has 17 heavy (non-hydrogen) atoms. The molecule has 0 saturated heterocycles. The number of halogens is 4. The summed E-state index contributed by atoms with van der Waals surface area (Å²) in [7, 11) is 0. The van der Waals surface area contributed by atoms with Crippen molar-refractivity contribution < 1.29 is 22.9 Å². The molecule has 9 heteroatoms. The van der Waals surface area contributed by atoms with Crippen molar-refractivity contribution in [2.45, 2.75) is 6.18 Å². The number of alkyl halides is 3. The third kappa shape index (κ3) is 3.91. The van der Waals surface area contributed by atoms with Gasteiger partial charge in [0.05, 0.1) is 10.5 Å². The fourth-order valence-electron chi connectivity index (χ4n) is 1.03. The molecule has 4 radical (unpaired) electrons. The van der Waals surface area contributed by atoms with Crippen LogP contribution in [0.3, 0.4) is 0 Å². The second-order valence-corrected chi connectivity index (χ2v) is 3.10. The summed E-state index contributed by atoms with van der Waals surface area (Å²) < 4.78 is 36.7. The van der Waals surface area contributed by atoms with Gasteiger partial charge in [0.1, 0.15) is 5.56 Å². The monoisotopic (exact) mass is 461 g/mol. The third-order valence-electron chi connectivity index (χ3n) is 1.73. The van der Waals surface area contributed by atoms with Crippen molar-refractivity contribution in [3.05, 3.63) is 39.4 Å². The molecule has 0 amide bonds. The molecule has 0 bridgehead atoms. The van der Waals surface area contributed by atoms with Gasteiger partial charge < -0.3 is 0 Å². The molecule has 0 saturated carbocycles. The maximum atomic E-state index is 12.2. The van der Waals surface area contributed by atoms with E-state index in [1.807, 2.05) is 0 Å². The predicted octanol–water partition coefficient (Wildman–Crippen LogP) is 2.61. The van der Waals surface area contributed by atoms with E-state index in [0.29, 0.717) is 12.1 Å². The molecule has 90 valence electrons. The maximum Gasteiger partial charge on any atom is 0.416 e. The molecular formula is C8H3ClF3NO3Pb. The van der Waals surface area contributed by atoms with E-state index in [0.717, 1.165) is 0 Å². The largest absolute Gasteiger partial charge is 0.416 e. The zero-order valence-electron chi connectivity index (χ0n) is 7.92. The molecule has 1 aromatic rings. The van der Waals surface area contributed by atoms with Crippen LogP contribution in [0.4, 0.5) is 18.9 Å². The molecule has 0 aliphatic rings. The number of carbonyl (C=O) groups excluding carboxylic acids is 1. The van der Waals surface area contributed by atoms with Crippen LogP contribution >= 0.6 is 11.6 Å². The first-order valence-corrected chi connectivity index (χ1v) is 4.16. The van der Waals surface area contributed by atoms with Gasteiger partial charge in [0.25, 0.3) is 10.9 Å². The molecule has 1 rings (SSSR count). The third-order valence-corrected chi connectivity index (χ3v) is 1.94. The topological polar surface area (TPSA) is 60.2 Å². The molecule has 0 aromatic heterocycles. The number of rotatable bonds is 2. The zero-order valence-corrected chi connectivity index (χ0v) is 12.6. The first-order valence-electron chi connectivity index (χ1n) is 3.79. The molecule has 0 unspecified atom stereocenters. The van der Waals surface area contributed by atoms with Crippen LogP contribution in [0.15, 0.2) is 18.2 Å². The van der Waals surface area contributed by atoms with Crippen molar-refractivity contribution in [3.63, 3.8) is 0 Å². The fourth-order valence-corrected chi connectivity index (χ4v) is 1.19. The Labute approximate surface area is 118 Å². The molecule has 1 aromatic carbocycles. The Balaban J connectivity index is 0.00000256. The quantitative estimate of drug-likeness (QED) is 0.295. The Morgan fingerprint density at radius 2 is 1.88 bits per heavy atom. The van der Waals surface area contributed by atoms with E-state index in [1.165, 1.54) is 0 Å². The molecule has 0 N–H and O–H groups in total. The summed E-state index contributed by atoms with van der Waals surface area (Å²) in [5.41, 5.74) is -2.74. The van der Waals surface area contributed by atoms with Crippen molar-refractivity contribution in [3.8, 4) is 0 Å². The Bertz CT molecular complexity index is 464. The number of hydrogen-bond donors (Lipinski definition) is 0. The fraction of sp³-hybridized carbons (Fsp3) is 0.125. The first-order chi connectivity index (χ1) is 7.23. The van der Waals surface area contributed by atoms with Gasteiger partial charge in [-0.1, -0.05) is 0 Å². The van der Waals surface area contributed by atoms with Crippen molar-refractivity contribution in [2.75, 3.05) is 0 Å². The van der Waals surface area contributed by atoms with Gasteiger partial charge >= 0.3 is 6.18 Å². The van der Waals surface area contributed by atoms with Gasteiger partial charge in [-0.3, -0.25) is 14.9 Å². The van der Waals surface area contributed by atoms with E-state index in [9.17, 15) is 28.1 Å². The molecule has 0 heterocycles. The Morgan fingerprint density at radius 1 is 1.35 bits per heavy atom. The summed E-state index contributed by atoms with van der Waals surface area (Å²) in [6, 6.07) is 1.51. The number of nitro benzene ring substituents is 1. The zero-order chi connectivity index (χ0) is 12.5. The first kappa shape index (κ1) is 16.3. The Kier molecular flexibility index (Phi) is 5.52. The van der Waals surface area contributed by atoms with Crippen molar-refractivity contribution in [1.82, 2.24) is 0 Å². The van der Waals surface area contributed by atoms with Crippen LogP contribution in [0.25, 0.3) is 0 Å². The summed E-state index contributed by atoms with van der Waals surface area (Å²) in [6.45, 7) is 0. The summed E-state index contributed by atoms with van der Waals surface area (Å²) in [5.74, 6) is 0. The molecule has 0 spiro atoms. The van der Waals surface area contributed by atoms with E-state index >= 15 is 0 Å². The van der Waals surface area contributed by atoms with Crippen LogP contribution in [0.1, 0.15) is 15.9 Å². The van der Waals surface area contributed by atoms with Crippen LogP contribution in [-0.4, -0.2) is 37.5 Å². The van der Waals surface area contributed by atoms with Crippen LogP contribution in [-0.2, 0) is 6.18 Å². The number of carbonyl (C=O) groups is 1. The maximum absolute atomic E-state index is 12.2. The normalized spacial score (nSPS) is 10.6. The van der Waals surface area contributed by atoms with Gasteiger partial charge in [-0.25, -0.2) is 0 Å². The molecule has 0 fully saturated rings. The minimum absolute atomic E-state index is 0. The van der Waals surface area contributed by atoms with Crippen LogP contribution in [0.2, 0.25) is 0 Å². The predicted molar refractivity (Wildman–Crippen MR) is 54.0 cm³/mol. The van der Waals surface area contributed by atoms with Crippen molar-refractivity contribution in [1.29, 1.82) is 0 Å². The van der Waals surface area contributed by atoms with E-state index in [4.69, 9.17) is 11.6 Å². The SMILES string of the molecule is O=C(Cl)c1ccc(C(F)(F)F)cc1[N+](=O)[O-].[Pb]. The number of hydrogen-bond acceptors (Lipinski definition) is 3. The number of benzene rings is 1. The standard InChI is InChI=1S/C8H3ClF3NO3.Pb/c9-7(14)5-2-1-4(8(10,11)12)3-6(5)13(15)16;/h1-3H;. The second kappa shape index (κ2) is 5.76. The van der Waals surface area contributed by atoms with Crippen LogP contribution in [0, 0.1) is 10.1 Å². The minimum Gasteiger partial charge on any atom is -0.275 e. The molecule has 0 atom stereocenters. The summed E-state index contributed by atoms with van der Waals surface area (Å²) in [6.07, 6.45) is -4.71. The van der Waals surface area contributed by atoms with Gasteiger partial charge in [0.15, 0.2) is 0 Å². The van der Waals surface area contributed by atoms with E-state index < -0.39 is 33.2 Å². The van der Waals surface area contributed by atoms with Crippen molar-refractivity contribution >= 4 is 49.8 Å². The van der Waals surface area contributed by atoms with Crippen LogP contribution < -0.4 is 0 Å². The smallest absolute Gasteiger partial charge is 0.275 e. The average molecular weight is 461 g/mol. The Morgan fingerprint density at radius 3 is 2.24 bits per heavy atom. The number of nitro groups is 1. The summed E-state index contributed by atoms with van der Waals surface area (Å²) in [5, 5.41) is 9.25. The second-order valence-electron chi connectivity index (χ2n) is 2.76. The summed E-state index contributed by atoms with van der Waals surface area (Å²) >= 11 is 4.99. The average Bonchev–Trinajstić information content (AvgIpc) is 2.15. The molecule has 0 aliphatic carbocycles. The summed E-state index contributed by atoms with van der Waals surface area (Å²) in [4.78, 5) is 20.1. The van der Waals surface area contributed by atoms with Gasteiger partial charge in [-0.2, -0.15) is 13.2 Å². The van der Waals surface area contributed by atoms with Gasteiger partial charge in [0, 0.05) is 33.4 Å². The Hall–Kier alpha value is -0.708. The molecule has 4 nitrogen and oxygen atoms in total. The van der Waals surface area contributed by atoms with E-state index in [1.54, 1.807) is 0 Å². The van der Waals surface area contributed by atoms with E-state index in [2.05, 4.69) is 0 Å². The molecular weight excluding hydrogens is 458 g/mol. The van der Waals surface area contributed by atoms with Crippen LogP contribution in [0.5, 0.6) is 0 Å². The van der Waals surface area contributed by atoms with Gasteiger partial charge in [0.2, 0.25) is 0 Å². The minimum atomic E-state index is -4.71. The van der Waals surface area contributed by atoms with Gasteiger partial charge in [-0.15, -0.1) is 0 Å².